The van der Waals surface area contributed by atoms with Crippen LogP contribution in [0.3, 0.4) is 0 Å². The van der Waals surface area contributed by atoms with Crippen molar-refractivity contribution >= 4 is 23.2 Å². The molecule has 2 N–H and O–H groups in total. The Hall–Kier alpha value is -2.76. The maximum atomic E-state index is 14.3. The summed E-state index contributed by atoms with van der Waals surface area (Å²) in [4.78, 5) is 25.6. The van der Waals surface area contributed by atoms with Crippen molar-refractivity contribution in [1.29, 1.82) is 0 Å². The molecule has 2 fully saturated rings. The lowest BCUT2D eigenvalue weighted by molar-refractivity contribution is -0.124. The van der Waals surface area contributed by atoms with Crippen LogP contribution in [-0.4, -0.2) is 11.8 Å². The van der Waals surface area contributed by atoms with Crippen LogP contribution in [0.25, 0.3) is 0 Å². The maximum Gasteiger partial charge on any atom is 0.235 e. The molecule has 0 aliphatic heterocycles. The Balaban J connectivity index is 1.50. The van der Waals surface area contributed by atoms with E-state index in [1.54, 1.807) is 12.1 Å². The number of hydrogen-bond donors (Lipinski definition) is 2. The number of halogens is 2. The fraction of sp³-hybridized carbons (Fsp3) is 0.417. The minimum Gasteiger partial charge on any atom is -0.325 e. The van der Waals surface area contributed by atoms with Crippen LogP contribution in [0.1, 0.15) is 56.9 Å². The molecule has 2 saturated carbocycles. The van der Waals surface area contributed by atoms with Crippen LogP contribution in [-0.2, 0) is 15.0 Å². The van der Waals surface area contributed by atoms with Crippen molar-refractivity contribution in [2.75, 3.05) is 10.6 Å². The molecule has 2 aromatic carbocycles. The highest BCUT2D eigenvalue weighted by Crippen LogP contribution is 2.45. The molecule has 0 atom stereocenters. The number of benzene rings is 2. The summed E-state index contributed by atoms with van der Waals surface area (Å²) in [6.45, 7) is 0. The topological polar surface area (TPSA) is 58.2 Å². The van der Waals surface area contributed by atoms with Gasteiger partial charge in [-0.2, -0.15) is 0 Å². The number of hydrogen-bond acceptors (Lipinski definition) is 2. The normalized spacial score (nSPS) is 18.3. The molecule has 0 bridgehead atoms. The highest BCUT2D eigenvalue weighted by atomic mass is 19.1. The molecule has 2 aliphatic carbocycles. The van der Waals surface area contributed by atoms with Crippen molar-refractivity contribution in [2.45, 2.75) is 56.8 Å². The lowest BCUT2D eigenvalue weighted by Gasteiger charge is -2.40. The Morgan fingerprint density at radius 2 is 1.67 bits per heavy atom. The molecular weight excluding hydrogens is 386 g/mol. The number of carbonyl (C=O) groups excluding carboxylic acids is 2. The molecule has 0 heterocycles. The molecule has 0 unspecified atom stereocenters. The molecule has 2 aromatic rings. The quantitative estimate of drug-likeness (QED) is 0.677. The van der Waals surface area contributed by atoms with Gasteiger partial charge in [0, 0.05) is 11.6 Å². The fourth-order valence-corrected chi connectivity index (χ4v) is 4.51. The second kappa shape index (κ2) is 8.54. The molecule has 4 rings (SSSR count). The van der Waals surface area contributed by atoms with Gasteiger partial charge in [-0.1, -0.05) is 37.8 Å². The minimum absolute atomic E-state index is 0.0665. The number of carbonyl (C=O) groups is 2. The van der Waals surface area contributed by atoms with E-state index >= 15 is 0 Å². The fourth-order valence-electron chi connectivity index (χ4n) is 4.51. The zero-order chi connectivity index (χ0) is 21.1. The van der Waals surface area contributed by atoms with Crippen LogP contribution < -0.4 is 10.6 Å². The van der Waals surface area contributed by atoms with Crippen molar-refractivity contribution < 1.29 is 18.4 Å². The van der Waals surface area contributed by atoms with E-state index in [4.69, 9.17) is 0 Å². The molecular formula is C24H26F2N2O2. The predicted molar refractivity (Wildman–Crippen MR) is 112 cm³/mol. The van der Waals surface area contributed by atoms with Crippen LogP contribution in [0.4, 0.5) is 20.2 Å². The molecule has 30 heavy (non-hydrogen) atoms. The van der Waals surface area contributed by atoms with E-state index in [0.717, 1.165) is 38.5 Å². The van der Waals surface area contributed by atoms with E-state index in [0.29, 0.717) is 24.1 Å². The third-order valence-electron chi connectivity index (χ3n) is 6.48. The largest absolute Gasteiger partial charge is 0.325 e. The van der Waals surface area contributed by atoms with Gasteiger partial charge in [0.15, 0.2) is 0 Å². The molecule has 0 spiro atoms. The molecule has 158 valence electrons. The third kappa shape index (κ3) is 4.09. The van der Waals surface area contributed by atoms with E-state index < -0.39 is 11.2 Å². The first-order valence-electron chi connectivity index (χ1n) is 10.7. The van der Waals surface area contributed by atoms with E-state index in [1.165, 1.54) is 30.3 Å². The van der Waals surface area contributed by atoms with E-state index in [2.05, 4.69) is 10.6 Å². The molecule has 2 amide bonds. The summed E-state index contributed by atoms with van der Waals surface area (Å²) in [5, 5.41) is 5.53. The Labute approximate surface area is 175 Å². The van der Waals surface area contributed by atoms with Crippen LogP contribution in [0.15, 0.2) is 42.5 Å². The predicted octanol–water partition coefficient (Wildman–Crippen LogP) is 5.54. The average Bonchev–Trinajstić information content (AvgIpc) is 2.70. The second-order valence-corrected chi connectivity index (χ2v) is 8.42. The van der Waals surface area contributed by atoms with Gasteiger partial charge in [-0.3, -0.25) is 9.59 Å². The average molecular weight is 412 g/mol. The number of nitrogens with one attached hydrogen (secondary N) is 2. The summed E-state index contributed by atoms with van der Waals surface area (Å²) in [7, 11) is 0. The van der Waals surface area contributed by atoms with Gasteiger partial charge in [0.1, 0.15) is 11.6 Å². The van der Waals surface area contributed by atoms with E-state index in [1.807, 2.05) is 0 Å². The zero-order valence-electron chi connectivity index (χ0n) is 16.8. The highest BCUT2D eigenvalue weighted by Gasteiger charge is 2.45. The first kappa shape index (κ1) is 20.5. The highest BCUT2D eigenvalue weighted by molar-refractivity contribution is 6.01. The van der Waals surface area contributed by atoms with E-state index in [9.17, 15) is 18.4 Å². The Morgan fingerprint density at radius 3 is 2.33 bits per heavy atom. The first-order chi connectivity index (χ1) is 14.5. The Kier molecular flexibility index (Phi) is 5.84. The van der Waals surface area contributed by atoms with Crippen LogP contribution >= 0.6 is 0 Å². The molecule has 4 nitrogen and oxygen atoms in total. The van der Waals surface area contributed by atoms with Crippen LogP contribution in [0.5, 0.6) is 0 Å². The SMILES string of the molecule is O=C(Nc1cc(NC(=O)C2(c3cccc(F)c3)CCC2)ccc1F)C1CCCCC1. The second-order valence-electron chi connectivity index (χ2n) is 8.42. The van der Waals surface area contributed by atoms with Crippen molar-refractivity contribution in [3.63, 3.8) is 0 Å². The van der Waals surface area contributed by atoms with Gasteiger partial charge in [0.2, 0.25) is 11.8 Å². The summed E-state index contributed by atoms with van der Waals surface area (Å²) >= 11 is 0. The summed E-state index contributed by atoms with van der Waals surface area (Å²) in [6, 6.07) is 10.3. The summed E-state index contributed by atoms with van der Waals surface area (Å²) in [6.07, 6.45) is 6.95. The number of anilines is 2. The third-order valence-corrected chi connectivity index (χ3v) is 6.48. The van der Waals surface area contributed by atoms with Gasteiger partial charge in [-0.15, -0.1) is 0 Å². The van der Waals surface area contributed by atoms with Gasteiger partial charge in [0.25, 0.3) is 0 Å². The number of amides is 2. The zero-order valence-corrected chi connectivity index (χ0v) is 16.8. The number of rotatable bonds is 5. The monoisotopic (exact) mass is 412 g/mol. The summed E-state index contributed by atoms with van der Waals surface area (Å²) < 4.78 is 28.0. The minimum atomic E-state index is -0.776. The summed E-state index contributed by atoms with van der Waals surface area (Å²) in [5.41, 5.74) is 0.348. The van der Waals surface area contributed by atoms with Crippen molar-refractivity contribution in [1.82, 2.24) is 0 Å². The smallest absolute Gasteiger partial charge is 0.235 e. The van der Waals surface area contributed by atoms with Gasteiger partial charge in [-0.05, 0) is 61.6 Å². The van der Waals surface area contributed by atoms with Gasteiger partial charge in [0.05, 0.1) is 11.1 Å². The molecule has 6 heteroatoms. The Bertz CT molecular complexity index is 950. The molecule has 0 aromatic heterocycles. The van der Waals surface area contributed by atoms with Gasteiger partial charge in [-0.25, -0.2) is 8.78 Å². The lowest BCUT2D eigenvalue weighted by Crippen LogP contribution is -2.46. The van der Waals surface area contributed by atoms with Gasteiger partial charge < -0.3 is 10.6 Å². The van der Waals surface area contributed by atoms with E-state index in [-0.39, 0.29) is 29.2 Å². The van der Waals surface area contributed by atoms with Crippen molar-refractivity contribution in [3.05, 3.63) is 59.7 Å². The lowest BCUT2D eigenvalue weighted by atomic mass is 9.63. The first-order valence-corrected chi connectivity index (χ1v) is 10.7. The molecule has 0 radical (unpaired) electrons. The Morgan fingerprint density at radius 1 is 0.900 bits per heavy atom. The standard InChI is InChI=1S/C24H26F2N2O2/c25-18-9-4-8-17(14-18)24(12-5-13-24)23(30)27-19-10-11-20(26)21(15-19)28-22(29)16-6-2-1-3-7-16/h4,8-11,14-16H,1-3,5-7,12-13H2,(H,27,30)(H,28,29). The molecule has 2 aliphatic rings. The van der Waals surface area contributed by atoms with Gasteiger partial charge >= 0.3 is 0 Å². The maximum absolute atomic E-state index is 14.3. The van der Waals surface area contributed by atoms with Crippen LogP contribution in [0.2, 0.25) is 0 Å². The van der Waals surface area contributed by atoms with Crippen LogP contribution in [0, 0.1) is 17.6 Å². The van der Waals surface area contributed by atoms with Crippen molar-refractivity contribution in [2.24, 2.45) is 5.92 Å². The molecule has 0 saturated heterocycles. The summed E-state index contributed by atoms with van der Waals surface area (Å²) in [5.74, 6) is -1.42. The van der Waals surface area contributed by atoms with Crippen molar-refractivity contribution in [3.8, 4) is 0 Å².